The molecule has 0 saturated heterocycles. The maximum atomic E-state index is 12.7. The molecule has 2 rings (SSSR count). The predicted octanol–water partition coefficient (Wildman–Crippen LogP) is 5.13. The largest absolute Gasteiger partial charge is 0.416 e. The van der Waals surface area contributed by atoms with Crippen LogP contribution in [0.4, 0.5) is 26.3 Å². The van der Waals surface area contributed by atoms with Crippen LogP contribution in [0.25, 0.3) is 11.1 Å². The highest BCUT2D eigenvalue weighted by atomic mass is 32.2. The van der Waals surface area contributed by atoms with Crippen molar-refractivity contribution in [1.29, 1.82) is 0 Å². The summed E-state index contributed by atoms with van der Waals surface area (Å²) in [6.07, 6.45) is -7.88. The van der Waals surface area contributed by atoms with Crippen LogP contribution in [0.3, 0.4) is 0 Å². The Hall–Kier alpha value is -1.83. The molecule has 0 bridgehead atoms. The Bertz CT molecular complexity index is 731. The minimum atomic E-state index is -4.59. The van der Waals surface area contributed by atoms with Crippen LogP contribution >= 0.6 is 0 Å². The summed E-state index contributed by atoms with van der Waals surface area (Å²) in [5.74, 6) is 0. The van der Waals surface area contributed by atoms with E-state index in [9.17, 15) is 30.6 Å². The first-order chi connectivity index (χ1) is 10.5. The van der Waals surface area contributed by atoms with Crippen LogP contribution in [0, 0.1) is 0 Å². The van der Waals surface area contributed by atoms with Crippen LogP contribution in [-0.2, 0) is 23.2 Å². The van der Waals surface area contributed by atoms with E-state index in [1.165, 1.54) is 6.26 Å². The molecule has 2 aromatic carbocycles. The third-order valence-electron chi connectivity index (χ3n) is 3.14. The zero-order valence-electron chi connectivity index (χ0n) is 11.6. The van der Waals surface area contributed by atoms with E-state index in [1.54, 1.807) is 0 Å². The van der Waals surface area contributed by atoms with Crippen molar-refractivity contribution in [2.45, 2.75) is 17.2 Å². The lowest BCUT2D eigenvalue weighted by Gasteiger charge is -2.13. The van der Waals surface area contributed by atoms with Gasteiger partial charge in [0, 0.05) is 11.2 Å². The van der Waals surface area contributed by atoms with E-state index in [0.29, 0.717) is 0 Å². The van der Waals surface area contributed by atoms with Crippen LogP contribution < -0.4 is 0 Å². The Balaban J connectivity index is 2.53. The zero-order chi connectivity index (χ0) is 17.4. The quantitative estimate of drug-likeness (QED) is 0.685. The summed E-state index contributed by atoms with van der Waals surface area (Å²) >= 11 is 0. The van der Waals surface area contributed by atoms with Gasteiger partial charge >= 0.3 is 12.4 Å². The fourth-order valence-corrected chi connectivity index (χ4v) is 2.80. The van der Waals surface area contributed by atoms with Crippen molar-refractivity contribution in [2.75, 3.05) is 6.26 Å². The highest BCUT2D eigenvalue weighted by Crippen LogP contribution is 2.36. The molecule has 8 heteroatoms. The molecular formula is C15H10F6OS. The molecule has 1 unspecified atom stereocenters. The molecule has 2 aromatic rings. The average Bonchev–Trinajstić information content (AvgIpc) is 2.45. The molecule has 0 aromatic heterocycles. The predicted molar refractivity (Wildman–Crippen MR) is 74.2 cm³/mol. The minimum Gasteiger partial charge on any atom is -0.255 e. The first-order valence-electron chi connectivity index (χ1n) is 6.22. The van der Waals surface area contributed by atoms with Crippen molar-refractivity contribution in [1.82, 2.24) is 0 Å². The summed E-state index contributed by atoms with van der Waals surface area (Å²) in [5, 5.41) is 0. The van der Waals surface area contributed by atoms with E-state index in [4.69, 9.17) is 0 Å². The molecule has 0 radical (unpaired) electrons. The first-order valence-corrected chi connectivity index (χ1v) is 7.78. The van der Waals surface area contributed by atoms with Crippen molar-refractivity contribution in [3.05, 3.63) is 53.6 Å². The third kappa shape index (κ3) is 3.93. The highest BCUT2D eigenvalue weighted by molar-refractivity contribution is 7.84. The van der Waals surface area contributed by atoms with Gasteiger partial charge in [0.25, 0.3) is 0 Å². The van der Waals surface area contributed by atoms with Crippen LogP contribution in [0.5, 0.6) is 0 Å². The van der Waals surface area contributed by atoms with Crippen molar-refractivity contribution < 1.29 is 30.6 Å². The van der Waals surface area contributed by atoms with Gasteiger partial charge in [-0.05, 0) is 35.4 Å². The van der Waals surface area contributed by atoms with Gasteiger partial charge in [0.05, 0.1) is 21.9 Å². The number of alkyl halides is 6. The Morgan fingerprint density at radius 2 is 1.26 bits per heavy atom. The summed E-state index contributed by atoms with van der Waals surface area (Å²) in [7, 11) is -1.73. The maximum absolute atomic E-state index is 12.7. The topological polar surface area (TPSA) is 17.1 Å². The second-order valence-corrected chi connectivity index (χ2v) is 6.09. The van der Waals surface area contributed by atoms with Crippen LogP contribution in [0.1, 0.15) is 11.1 Å². The van der Waals surface area contributed by atoms with Crippen molar-refractivity contribution >= 4 is 10.8 Å². The van der Waals surface area contributed by atoms with Crippen LogP contribution in [0.15, 0.2) is 47.4 Å². The summed E-state index contributed by atoms with van der Waals surface area (Å²) < 4.78 is 87.5. The van der Waals surface area contributed by atoms with Gasteiger partial charge in [0.2, 0.25) is 0 Å². The van der Waals surface area contributed by atoms with E-state index in [0.717, 1.165) is 42.5 Å². The summed E-state index contributed by atoms with van der Waals surface area (Å²) in [5.41, 5.74) is -1.37. The molecular weight excluding hydrogens is 342 g/mol. The summed E-state index contributed by atoms with van der Waals surface area (Å²) in [6, 6.07) is 6.61. The van der Waals surface area contributed by atoms with E-state index in [1.807, 2.05) is 0 Å². The lowest BCUT2D eigenvalue weighted by molar-refractivity contribution is -0.138. The number of hydrogen-bond acceptors (Lipinski definition) is 1. The first kappa shape index (κ1) is 17.5. The van der Waals surface area contributed by atoms with Gasteiger partial charge in [-0.15, -0.1) is 0 Å². The van der Waals surface area contributed by atoms with E-state index >= 15 is 0 Å². The third-order valence-corrected chi connectivity index (χ3v) is 4.10. The van der Waals surface area contributed by atoms with Gasteiger partial charge in [-0.25, -0.2) is 0 Å². The normalized spacial score (nSPS) is 13.9. The van der Waals surface area contributed by atoms with Crippen LogP contribution in [-0.4, -0.2) is 10.5 Å². The second-order valence-electron chi connectivity index (χ2n) is 4.74. The molecule has 0 fully saturated rings. The molecule has 0 aliphatic heterocycles. The fraction of sp³-hybridized carbons (Fsp3) is 0.200. The van der Waals surface area contributed by atoms with Gasteiger partial charge in [-0.2, -0.15) is 26.3 Å². The van der Waals surface area contributed by atoms with Gasteiger partial charge < -0.3 is 0 Å². The second kappa shape index (κ2) is 5.99. The highest BCUT2D eigenvalue weighted by Gasteiger charge is 2.32. The molecule has 1 atom stereocenters. The molecule has 0 aliphatic rings. The Labute approximate surface area is 130 Å². The van der Waals surface area contributed by atoms with Gasteiger partial charge in [-0.1, -0.05) is 18.2 Å². The molecule has 0 heterocycles. The van der Waals surface area contributed by atoms with E-state index in [-0.39, 0.29) is 16.0 Å². The van der Waals surface area contributed by atoms with Gasteiger partial charge in [0.1, 0.15) is 0 Å². The lowest BCUT2D eigenvalue weighted by Crippen LogP contribution is -2.07. The molecule has 124 valence electrons. The van der Waals surface area contributed by atoms with E-state index < -0.39 is 34.3 Å². The molecule has 0 aliphatic carbocycles. The monoisotopic (exact) mass is 352 g/mol. The number of benzene rings is 2. The smallest absolute Gasteiger partial charge is 0.255 e. The van der Waals surface area contributed by atoms with Crippen molar-refractivity contribution in [3.8, 4) is 11.1 Å². The standard InChI is InChI=1S/C15H10F6OS/c1-23(22)13-8-11(15(19,20)21)6-7-12(13)9-2-4-10(5-3-9)14(16,17)18/h2-8H,1H3. The molecule has 0 amide bonds. The summed E-state index contributed by atoms with van der Waals surface area (Å²) in [4.78, 5) is -0.0837. The molecule has 0 spiro atoms. The number of rotatable bonds is 2. The number of hydrogen-bond donors (Lipinski definition) is 0. The lowest BCUT2D eigenvalue weighted by atomic mass is 10.0. The fourth-order valence-electron chi connectivity index (χ4n) is 2.01. The Kier molecular flexibility index (Phi) is 4.57. The molecule has 23 heavy (non-hydrogen) atoms. The maximum Gasteiger partial charge on any atom is 0.416 e. The minimum absolute atomic E-state index is 0.0837. The Morgan fingerprint density at radius 3 is 1.70 bits per heavy atom. The van der Waals surface area contributed by atoms with E-state index in [2.05, 4.69) is 0 Å². The van der Waals surface area contributed by atoms with Crippen molar-refractivity contribution in [2.24, 2.45) is 0 Å². The zero-order valence-corrected chi connectivity index (χ0v) is 12.4. The van der Waals surface area contributed by atoms with Gasteiger partial charge in [-0.3, -0.25) is 4.21 Å². The van der Waals surface area contributed by atoms with Crippen molar-refractivity contribution in [3.63, 3.8) is 0 Å². The van der Waals surface area contributed by atoms with Crippen LogP contribution in [0.2, 0.25) is 0 Å². The molecule has 1 nitrogen and oxygen atoms in total. The van der Waals surface area contributed by atoms with Gasteiger partial charge in [0.15, 0.2) is 0 Å². The number of halogens is 6. The Morgan fingerprint density at radius 1 is 0.783 bits per heavy atom. The molecule has 0 N–H and O–H groups in total. The average molecular weight is 352 g/mol. The molecule has 0 saturated carbocycles. The summed E-state index contributed by atoms with van der Waals surface area (Å²) in [6.45, 7) is 0. The SMILES string of the molecule is CS(=O)c1cc(C(F)(F)F)ccc1-c1ccc(C(F)(F)F)cc1.